The number of carbonyl (C=O) groups is 1. The molecule has 192 valence electrons. The van der Waals surface area contributed by atoms with Crippen LogP contribution >= 0.6 is 0 Å². The first-order valence-electron chi connectivity index (χ1n) is 12.3. The van der Waals surface area contributed by atoms with Gasteiger partial charge in [-0.15, -0.1) is 0 Å². The Morgan fingerprint density at radius 1 is 1.05 bits per heavy atom. The van der Waals surface area contributed by atoms with E-state index in [-0.39, 0.29) is 5.92 Å². The summed E-state index contributed by atoms with van der Waals surface area (Å²) >= 11 is 0. The minimum Gasteiger partial charge on any atom is -0.457 e. The second kappa shape index (κ2) is 9.58. The molecular formula is C27H25FN8O2. The van der Waals surface area contributed by atoms with E-state index >= 15 is 0 Å². The summed E-state index contributed by atoms with van der Waals surface area (Å²) in [6.07, 6.45) is 8.17. The number of pyridine rings is 1. The lowest BCUT2D eigenvalue weighted by Gasteiger charge is -2.31. The first-order chi connectivity index (χ1) is 18.5. The van der Waals surface area contributed by atoms with E-state index in [4.69, 9.17) is 4.74 Å². The highest BCUT2D eigenvalue weighted by Gasteiger charge is 2.27. The summed E-state index contributed by atoms with van der Waals surface area (Å²) in [5.41, 5.74) is 4.49. The number of anilines is 2. The van der Waals surface area contributed by atoms with Crippen LogP contribution in [0.3, 0.4) is 0 Å². The third kappa shape index (κ3) is 4.42. The van der Waals surface area contributed by atoms with E-state index in [1.165, 1.54) is 17.6 Å². The van der Waals surface area contributed by atoms with Gasteiger partial charge in [0.2, 0.25) is 0 Å². The fraction of sp³-hybridized carbons (Fsp3) is 0.222. The SMILES string of the molecule is C=C(F)C(=O)N1CCC(c2ccn3ncnc(Nc4ccc(Oc5ccn6ncnc6c5)c(C)c4)c23)CC1. The average Bonchev–Trinajstić information content (AvgIpc) is 3.57. The fourth-order valence-electron chi connectivity index (χ4n) is 4.93. The Morgan fingerprint density at radius 2 is 1.82 bits per heavy atom. The number of rotatable bonds is 6. The maximum Gasteiger partial charge on any atom is 0.281 e. The Balaban J connectivity index is 1.21. The number of halogens is 1. The standard InChI is InChI=1S/C27H25FN8O2/c1-17-13-20(3-4-23(17)38-21-7-11-35-24(14-21)29-15-31-35)33-26-25-22(8-12-36(25)32-16-30-26)19-5-9-34(10-6-19)27(37)18(2)28/h3-4,7-8,11-16,19H,2,5-6,9-10H2,1H3,(H,30,32,33). The molecule has 0 atom stereocenters. The number of benzene rings is 1. The van der Waals surface area contributed by atoms with Crippen molar-refractivity contribution in [1.82, 2.24) is 34.1 Å². The van der Waals surface area contributed by atoms with E-state index in [9.17, 15) is 9.18 Å². The average molecular weight is 513 g/mol. The number of nitrogens with zero attached hydrogens (tertiary/aromatic N) is 7. The van der Waals surface area contributed by atoms with Gasteiger partial charge in [-0.1, -0.05) is 6.58 Å². The molecule has 5 aromatic rings. The van der Waals surface area contributed by atoms with Gasteiger partial charge in [0.05, 0.1) is 0 Å². The van der Waals surface area contributed by atoms with Gasteiger partial charge < -0.3 is 15.0 Å². The number of aryl methyl sites for hydroxylation is 1. The van der Waals surface area contributed by atoms with Crippen LogP contribution < -0.4 is 10.1 Å². The van der Waals surface area contributed by atoms with E-state index in [2.05, 4.69) is 32.1 Å². The van der Waals surface area contributed by atoms with Crippen molar-refractivity contribution in [1.29, 1.82) is 0 Å². The number of piperidine rings is 1. The van der Waals surface area contributed by atoms with Crippen LogP contribution in [0, 0.1) is 6.92 Å². The molecule has 4 aromatic heterocycles. The first kappa shape index (κ1) is 23.6. The maximum atomic E-state index is 13.3. The van der Waals surface area contributed by atoms with E-state index in [0.717, 1.165) is 40.9 Å². The molecule has 0 aliphatic carbocycles. The van der Waals surface area contributed by atoms with Crippen molar-refractivity contribution in [2.75, 3.05) is 18.4 Å². The number of aromatic nitrogens is 6. The van der Waals surface area contributed by atoms with Crippen molar-refractivity contribution < 1.29 is 13.9 Å². The summed E-state index contributed by atoms with van der Waals surface area (Å²) in [6, 6.07) is 11.6. The minimum atomic E-state index is -0.916. The fourth-order valence-corrected chi connectivity index (χ4v) is 4.93. The highest BCUT2D eigenvalue weighted by molar-refractivity contribution is 5.90. The van der Waals surface area contributed by atoms with Gasteiger partial charge in [0.1, 0.15) is 29.7 Å². The van der Waals surface area contributed by atoms with Crippen molar-refractivity contribution >= 4 is 28.6 Å². The summed E-state index contributed by atoms with van der Waals surface area (Å²) in [7, 11) is 0. The number of hydrogen-bond acceptors (Lipinski definition) is 7. The monoisotopic (exact) mass is 512 g/mol. The van der Waals surface area contributed by atoms with E-state index in [0.29, 0.717) is 30.3 Å². The summed E-state index contributed by atoms with van der Waals surface area (Å²) < 4.78 is 22.9. The number of fused-ring (bicyclic) bond motifs is 2. The van der Waals surface area contributed by atoms with Crippen molar-refractivity contribution in [2.45, 2.75) is 25.7 Å². The number of likely N-dealkylation sites (tertiary alicyclic amines) is 1. The second-order valence-corrected chi connectivity index (χ2v) is 9.28. The molecule has 6 rings (SSSR count). The molecule has 1 N–H and O–H groups in total. The smallest absolute Gasteiger partial charge is 0.281 e. The molecule has 1 aliphatic rings. The number of nitrogens with one attached hydrogen (secondary N) is 1. The topological polar surface area (TPSA) is 102 Å². The third-order valence-electron chi connectivity index (χ3n) is 6.86. The normalized spacial score (nSPS) is 14.2. The predicted molar refractivity (Wildman–Crippen MR) is 139 cm³/mol. The Labute approximate surface area is 217 Å². The number of carbonyl (C=O) groups excluding carboxylic acids is 1. The minimum absolute atomic E-state index is 0.198. The number of ether oxygens (including phenoxy) is 1. The highest BCUT2D eigenvalue weighted by Crippen LogP contribution is 2.35. The summed E-state index contributed by atoms with van der Waals surface area (Å²) in [6.45, 7) is 6.07. The molecule has 0 spiro atoms. The van der Waals surface area contributed by atoms with Crippen LogP contribution in [0.5, 0.6) is 11.5 Å². The molecule has 38 heavy (non-hydrogen) atoms. The van der Waals surface area contributed by atoms with Crippen LogP contribution in [0.15, 0.2) is 73.9 Å². The second-order valence-electron chi connectivity index (χ2n) is 9.28. The zero-order chi connectivity index (χ0) is 26.2. The van der Waals surface area contributed by atoms with Crippen LogP contribution in [0.25, 0.3) is 11.2 Å². The largest absolute Gasteiger partial charge is 0.457 e. The van der Waals surface area contributed by atoms with Gasteiger partial charge in [-0.05, 0) is 67.1 Å². The molecule has 1 amide bonds. The van der Waals surface area contributed by atoms with Gasteiger partial charge in [0.15, 0.2) is 17.3 Å². The van der Waals surface area contributed by atoms with Crippen LogP contribution in [0.1, 0.15) is 29.9 Å². The molecule has 1 saturated heterocycles. The summed E-state index contributed by atoms with van der Waals surface area (Å²) in [4.78, 5) is 22.2. The molecule has 0 radical (unpaired) electrons. The Morgan fingerprint density at radius 3 is 2.61 bits per heavy atom. The lowest BCUT2D eigenvalue weighted by atomic mass is 9.90. The van der Waals surface area contributed by atoms with Gasteiger partial charge in [-0.2, -0.15) is 10.2 Å². The van der Waals surface area contributed by atoms with Gasteiger partial charge in [-0.3, -0.25) is 4.79 Å². The molecule has 10 nitrogen and oxygen atoms in total. The Kier molecular flexibility index (Phi) is 5.95. The van der Waals surface area contributed by atoms with Crippen molar-refractivity contribution in [3.63, 3.8) is 0 Å². The van der Waals surface area contributed by atoms with Gasteiger partial charge in [-0.25, -0.2) is 23.4 Å². The van der Waals surface area contributed by atoms with Crippen molar-refractivity contribution in [3.8, 4) is 11.5 Å². The molecule has 0 saturated carbocycles. The number of amides is 1. The summed E-state index contributed by atoms with van der Waals surface area (Å²) in [5.74, 6) is 0.740. The lowest BCUT2D eigenvalue weighted by molar-refractivity contribution is -0.129. The van der Waals surface area contributed by atoms with Crippen molar-refractivity contribution in [3.05, 3.63) is 85.0 Å². The van der Waals surface area contributed by atoms with Crippen molar-refractivity contribution in [2.24, 2.45) is 0 Å². The Hall–Kier alpha value is -4.80. The van der Waals surface area contributed by atoms with Crippen LogP contribution in [0.2, 0.25) is 0 Å². The van der Waals surface area contributed by atoms with Crippen LogP contribution in [-0.4, -0.2) is 53.1 Å². The first-order valence-corrected chi connectivity index (χ1v) is 12.3. The quantitative estimate of drug-likeness (QED) is 0.326. The van der Waals surface area contributed by atoms with Gasteiger partial charge >= 0.3 is 0 Å². The Bertz CT molecular complexity index is 1670. The van der Waals surface area contributed by atoms with Gasteiger partial charge in [0, 0.05) is 37.2 Å². The van der Waals surface area contributed by atoms with Crippen LogP contribution in [-0.2, 0) is 4.79 Å². The van der Waals surface area contributed by atoms with E-state index in [1.807, 2.05) is 49.5 Å². The van der Waals surface area contributed by atoms with Gasteiger partial charge in [0.25, 0.3) is 5.91 Å². The third-order valence-corrected chi connectivity index (χ3v) is 6.86. The highest BCUT2D eigenvalue weighted by atomic mass is 19.1. The molecule has 0 bridgehead atoms. The molecule has 1 aromatic carbocycles. The summed E-state index contributed by atoms with van der Waals surface area (Å²) in [5, 5.41) is 11.9. The molecule has 1 aliphatic heterocycles. The molecule has 1 fully saturated rings. The molecule has 11 heteroatoms. The molecule has 0 unspecified atom stereocenters. The molecular weight excluding hydrogens is 487 g/mol. The zero-order valence-electron chi connectivity index (χ0n) is 20.7. The zero-order valence-corrected chi connectivity index (χ0v) is 20.7. The predicted octanol–water partition coefficient (Wildman–Crippen LogP) is 4.81. The van der Waals surface area contributed by atoms with Crippen LogP contribution in [0.4, 0.5) is 15.9 Å². The van der Waals surface area contributed by atoms with E-state index in [1.54, 1.807) is 15.2 Å². The number of hydrogen-bond donors (Lipinski definition) is 1. The van der Waals surface area contributed by atoms with E-state index < -0.39 is 11.7 Å². The molecule has 5 heterocycles. The maximum absolute atomic E-state index is 13.3. The lowest BCUT2D eigenvalue weighted by Crippen LogP contribution is -2.38.